The summed E-state index contributed by atoms with van der Waals surface area (Å²) in [5.41, 5.74) is 0.233. The van der Waals surface area contributed by atoms with Crippen LogP contribution in [0.4, 0.5) is 0 Å². The summed E-state index contributed by atoms with van der Waals surface area (Å²) in [7, 11) is 1.90. The van der Waals surface area contributed by atoms with Gasteiger partial charge in [0, 0.05) is 71.5 Å². The number of morpholine rings is 1. The van der Waals surface area contributed by atoms with Crippen molar-refractivity contribution in [2.75, 3.05) is 79.2 Å². The van der Waals surface area contributed by atoms with E-state index in [1.165, 1.54) is 32.1 Å². The van der Waals surface area contributed by atoms with Crippen LogP contribution in [0.2, 0.25) is 0 Å². The Hall–Kier alpha value is -0.650. The lowest BCUT2D eigenvalue weighted by atomic mass is 9.79. The van der Waals surface area contributed by atoms with Gasteiger partial charge in [0.1, 0.15) is 0 Å². The maximum Gasteiger partial charge on any atom is 0.239 e. The first-order valence-corrected chi connectivity index (χ1v) is 12.9. The molecule has 1 saturated carbocycles. The van der Waals surface area contributed by atoms with Crippen LogP contribution in [0.1, 0.15) is 51.9 Å². The van der Waals surface area contributed by atoms with E-state index in [0.29, 0.717) is 5.91 Å². The second kappa shape index (κ2) is 12.9. The fourth-order valence-electron chi connectivity index (χ4n) is 6.11. The largest absolute Gasteiger partial charge is 0.379 e. The number of piperazine rings is 1. The zero-order valence-electron chi connectivity index (χ0n) is 20.8. The molecule has 1 amide bonds. The average Bonchev–Trinajstić information content (AvgIpc) is 3.40. The van der Waals surface area contributed by atoms with Gasteiger partial charge in [-0.15, -0.1) is 24.0 Å². The Bertz CT molecular complexity index is 637. The van der Waals surface area contributed by atoms with E-state index >= 15 is 0 Å². The number of carbonyl (C=O) groups is 1. The molecule has 3 saturated heterocycles. The number of amides is 1. The van der Waals surface area contributed by atoms with Crippen molar-refractivity contribution in [1.82, 2.24) is 24.9 Å². The zero-order valence-corrected chi connectivity index (χ0v) is 23.1. The summed E-state index contributed by atoms with van der Waals surface area (Å²) in [6.07, 6.45) is 8.83. The quantitative estimate of drug-likeness (QED) is 0.306. The van der Waals surface area contributed by atoms with Gasteiger partial charge in [0.05, 0.1) is 19.3 Å². The van der Waals surface area contributed by atoms with Gasteiger partial charge in [-0.1, -0.05) is 19.3 Å². The number of hydrogen-bond donors (Lipinski definition) is 1. The van der Waals surface area contributed by atoms with Crippen LogP contribution in [0.25, 0.3) is 0 Å². The number of ether oxygens (including phenoxy) is 1. The predicted molar refractivity (Wildman–Crippen MR) is 143 cm³/mol. The second-order valence-electron chi connectivity index (χ2n) is 10.0. The fourth-order valence-corrected chi connectivity index (χ4v) is 6.11. The van der Waals surface area contributed by atoms with Crippen molar-refractivity contribution in [2.45, 2.75) is 63.5 Å². The molecule has 1 unspecified atom stereocenters. The normalized spacial score (nSPS) is 26.1. The molecular formula is C24H45IN6O2. The Morgan fingerprint density at radius 3 is 2.15 bits per heavy atom. The third kappa shape index (κ3) is 6.52. The summed E-state index contributed by atoms with van der Waals surface area (Å²) in [5.74, 6) is 1.32. The highest BCUT2D eigenvalue weighted by Crippen LogP contribution is 2.34. The van der Waals surface area contributed by atoms with Crippen LogP contribution in [0.15, 0.2) is 4.99 Å². The van der Waals surface area contributed by atoms with Crippen molar-refractivity contribution in [3.05, 3.63) is 0 Å². The van der Waals surface area contributed by atoms with Gasteiger partial charge in [-0.2, -0.15) is 0 Å². The molecule has 0 bridgehead atoms. The molecule has 1 N–H and O–H groups in total. The predicted octanol–water partition coefficient (Wildman–Crippen LogP) is 1.84. The number of nitrogens with one attached hydrogen (secondary N) is 1. The van der Waals surface area contributed by atoms with Crippen LogP contribution >= 0.6 is 24.0 Å². The molecule has 0 spiro atoms. The van der Waals surface area contributed by atoms with Crippen LogP contribution in [0, 0.1) is 0 Å². The highest BCUT2D eigenvalue weighted by atomic mass is 127. The molecule has 0 aromatic heterocycles. The summed E-state index contributed by atoms with van der Waals surface area (Å²) in [5, 5.41) is 3.76. The number of hydrogen-bond acceptors (Lipinski definition) is 5. The van der Waals surface area contributed by atoms with E-state index in [0.717, 1.165) is 90.9 Å². The monoisotopic (exact) mass is 576 g/mol. The van der Waals surface area contributed by atoms with Crippen LogP contribution in [-0.4, -0.2) is 122 Å². The molecule has 4 rings (SSSR count). The number of aliphatic imine (C=N–C) groups is 1. The Balaban J connectivity index is 0.00000306. The molecule has 0 aromatic carbocycles. The molecule has 3 heterocycles. The molecule has 0 radical (unpaired) electrons. The molecule has 1 aliphatic carbocycles. The molecule has 8 nitrogen and oxygen atoms in total. The van der Waals surface area contributed by atoms with Crippen molar-refractivity contribution in [3.8, 4) is 0 Å². The third-order valence-corrected chi connectivity index (χ3v) is 8.19. The maximum absolute atomic E-state index is 12.8. The topological polar surface area (TPSA) is 63.7 Å². The lowest BCUT2D eigenvalue weighted by Crippen LogP contribution is -2.62. The van der Waals surface area contributed by atoms with E-state index in [4.69, 9.17) is 4.74 Å². The van der Waals surface area contributed by atoms with Crippen molar-refractivity contribution in [1.29, 1.82) is 0 Å². The molecule has 9 heteroatoms. The lowest BCUT2D eigenvalue weighted by Gasteiger charge is -2.49. The Labute approximate surface area is 217 Å². The van der Waals surface area contributed by atoms with Gasteiger partial charge in [-0.25, -0.2) is 0 Å². The summed E-state index contributed by atoms with van der Waals surface area (Å²) in [4.78, 5) is 26.9. The van der Waals surface area contributed by atoms with Gasteiger partial charge in [0.15, 0.2) is 5.96 Å². The summed E-state index contributed by atoms with van der Waals surface area (Å²) >= 11 is 0. The number of likely N-dealkylation sites (tertiary alicyclic amines) is 1. The summed E-state index contributed by atoms with van der Waals surface area (Å²) in [6, 6.07) is -0.0166. The number of guanidine groups is 1. The minimum Gasteiger partial charge on any atom is -0.379 e. The van der Waals surface area contributed by atoms with E-state index in [2.05, 4.69) is 31.9 Å². The fraction of sp³-hybridized carbons (Fsp3) is 0.917. The number of rotatable bonds is 5. The van der Waals surface area contributed by atoms with Crippen LogP contribution in [-0.2, 0) is 9.53 Å². The van der Waals surface area contributed by atoms with E-state index in [1.54, 1.807) is 0 Å². The second-order valence-corrected chi connectivity index (χ2v) is 10.0. The lowest BCUT2D eigenvalue weighted by molar-refractivity contribution is -0.135. The van der Waals surface area contributed by atoms with Crippen molar-refractivity contribution in [2.24, 2.45) is 4.99 Å². The molecule has 190 valence electrons. The van der Waals surface area contributed by atoms with Gasteiger partial charge in [-0.05, 0) is 32.6 Å². The highest BCUT2D eigenvalue weighted by molar-refractivity contribution is 14.0. The molecule has 4 fully saturated rings. The smallest absolute Gasteiger partial charge is 0.239 e. The van der Waals surface area contributed by atoms with Gasteiger partial charge >= 0.3 is 0 Å². The maximum atomic E-state index is 12.8. The van der Waals surface area contributed by atoms with Crippen molar-refractivity contribution in [3.63, 3.8) is 0 Å². The Kier molecular flexibility index (Phi) is 10.5. The van der Waals surface area contributed by atoms with Gasteiger partial charge in [0.2, 0.25) is 5.91 Å². The van der Waals surface area contributed by atoms with Crippen LogP contribution < -0.4 is 5.32 Å². The highest BCUT2D eigenvalue weighted by Gasteiger charge is 2.39. The van der Waals surface area contributed by atoms with Crippen LogP contribution in [0.5, 0.6) is 0 Å². The van der Waals surface area contributed by atoms with Crippen molar-refractivity contribution >= 4 is 35.8 Å². The molecular weight excluding hydrogens is 531 g/mol. The van der Waals surface area contributed by atoms with E-state index in [1.807, 2.05) is 11.9 Å². The van der Waals surface area contributed by atoms with Gasteiger partial charge in [0.25, 0.3) is 0 Å². The molecule has 4 aliphatic rings. The van der Waals surface area contributed by atoms with Crippen molar-refractivity contribution < 1.29 is 9.53 Å². The molecule has 0 aromatic rings. The van der Waals surface area contributed by atoms with E-state index < -0.39 is 0 Å². The zero-order chi connectivity index (χ0) is 22.4. The van der Waals surface area contributed by atoms with E-state index in [9.17, 15) is 4.79 Å². The molecule has 33 heavy (non-hydrogen) atoms. The summed E-state index contributed by atoms with van der Waals surface area (Å²) < 4.78 is 5.63. The first kappa shape index (κ1) is 26.9. The van der Waals surface area contributed by atoms with Gasteiger partial charge < -0.3 is 19.9 Å². The minimum atomic E-state index is -0.0166. The molecule has 3 aliphatic heterocycles. The van der Waals surface area contributed by atoms with E-state index in [-0.39, 0.29) is 35.6 Å². The summed E-state index contributed by atoms with van der Waals surface area (Å²) in [6.45, 7) is 12.4. The number of carbonyl (C=O) groups excluding carboxylic acids is 1. The first-order chi connectivity index (χ1) is 15.6. The third-order valence-electron chi connectivity index (χ3n) is 8.19. The molecule has 1 atom stereocenters. The Morgan fingerprint density at radius 2 is 1.55 bits per heavy atom. The standard InChI is InChI=1S/C24H44N6O2.HI/c1-21(22(31)28-10-6-7-11-28)27-12-14-29(15-13-27)23(25-2)26-20-24(8-4-3-5-9-24)30-16-18-32-19-17-30;/h21H,3-20H2,1-2H3,(H,25,26);1H. The average molecular weight is 577 g/mol. The first-order valence-electron chi connectivity index (χ1n) is 12.9. The number of halogens is 1. The minimum absolute atomic E-state index is 0. The number of nitrogens with zero attached hydrogens (tertiary/aromatic N) is 5. The van der Waals surface area contributed by atoms with Crippen LogP contribution in [0.3, 0.4) is 0 Å². The van der Waals surface area contributed by atoms with Gasteiger partial charge in [-0.3, -0.25) is 19.6 Å². The Morgan fingerprint density at radius 1 is 0.909 bits per heavy atom. The SMILES string of the molecule is CN=C(NCC1(N2CCOCC2)CCCCC1)N1CCN(C(C)C(=O)N2CCCC2)CC1.I.